The smallest absolute Gasteiger partial charge is 0.324 e. The molecule has 0 fully saturated rings. The molecule has 0 radical (unpaired) electrons. The van der Waals surface area contributed by atoms with Gasteiger partial charge in [-0.1, -0.05) is 19.8 Å². The second-order valence-corrected chi connectivity index (χ2v) is 2.38. The van der Waals surface area contributed by atoms with E-state index in [1.54, 1.807) is 0 Å². The molecule has 0 aromatic carbocycles. The maximum Gasteiger partial charge on any atom is 0.324 e. The zero-order valence-electron chi connectivity index (χ0n) is 7.50. The van der Waals surface area contributed by atoms with E-state index in [1.165, 1.54) is 7.11 Å². The van der Waals surface area contributed by atoms with Crippen LogP contribution in [0, 0.1) is 0 Å². The van der Waals surface area contributed by atoms with E-state index in [1.807, 2.05) is 0 Å². The fourth-order valence-corrected chi connectivity index (χ4v) is 0.820. The highest BCUT2D eigenvalue weighted by Crippen LogP contribution is 2.00. The van der Waals surface area contributed by atoms with Gasteiger partial charge in [-0.2, -0.15) is 0 Å². The quantitative estimate of drug-likeness (QED) is 0.384. The normalized spacial score (nSPS) is 11.6. The summed E-state index contributed by atoms with van der Waals surface area (Å²) in [6.45, 7) is 2.06. The minimum absolute atomic E-state index is 0. The minimum atomic E-state index is -0.347. The van der Waals surface area contributed by atoms with Crippen molar-refractivity contribution in [3.8, 4) is 0 Å². The summed E-state index contributed by atoms with van der Waals surface area (Å²) in [6, 6.07) is -0.347. The highest BCUT2D eigenvalue weighted by atomic mass is 35.5. The fraction of sp³-hybridized carbons (Fsp3) is 0.857. The van der Waals surface area contributed by atoms with Crippen molar-refractivity contribution in [1.29, 1.82) is 0 Å². The Balaban J connectivity index is 0. The van der Waals surface area contributed by atoms with E-state index in [9.17, 15) is 4.79 Å². The summed E-state index contributed by atoms with van der Waals surface area (Å²) in [5.41, 5.74) is 2.41. The number of carbonyl (C=O) groups excluding carboxylic acids is 1. The second kappa shape index (κ2) is 8.77. The number of hydrogen-bond donors (Lipinski definition) is 2. The minimum Gasteiger partial charge on any atom is -0.468 e. The fourth-order valence-electron chi connectivity index (χ4n) is 0.820. The summed E-state index contributed by atoms with van der Waals surface area (Å²) >= 11 is 0. The largest absolute Gasteiger partial charge is 0.468 e. The number of hydrazine groups is 1. The van der Waals surface area contributed by atoms with E-state index in [0.717, 1.165) is 19.3 Å². The lowest BCUT2D eigenvalue weighted by Crippen LogP contribution is -2.41. The molecule has 12 heavy (non-hydrogen) atoms. The van der Waals surface area contributed by atoms with Gasteiger partial charge >= 0.3 is 5.97 Å². The molecule has 0 aliphatic carbocycles. The van der Waals surface area contributed by atoms with Gasteiger partial charge < -0.3 is 4.74 Å². The van der Waals surface area contributed by atoms with Crippen LogP contribution in [0.2, 0.25) is 0 Å². The van der Waals surface area contributed by atoms with E-state index < -0.39 is 0 Å². The number of nitrogens with one attached hydrogen (secondary N) is 1. The molecule has 0 heterocycles. The number of rotatable bonds is 5. The standard InChI is InChI=1S/C7H16N2O2.ClH/c1-3-4-5-6(9-8)7(10)11-2;/h6,9H,3-5,8H2,1-2H3;1H. The Kier molecular flexibility index (Phi) is 10.4. The first-order chi connectivity index (χ1) is 5.26. The number of ether oxygens (including phenoxy) is 1. The Morgan fingerprint density at radius 2 is 2.25 bits per heavy atom. The third-order valence-electron chi connectivity index (χ3n) is 1.53. The Morgan fingerprint density at radius 3 is 2.58 bits per heavy atom. The Labute approximate surface area is 79.2 Å². The van der Waals surface area contributed by atoms with Crippen LogP contribution in [0.15, 0.2) is 0 Å². The molecule has 0 aliphatic rings. The number of unbranched alkanes of at least 4 members (excludes halogenated alkanes) is 1. The van der Waals surface area contributed by atoms with Gasteiger partial charge in [0.05, 0.1) is 7.11 Å². The predicted molar refractivity (Wildman–Crippen MR) is 49.9 cm³/mol. The lowest BCUT2D eigenvalue weighted by Gasteiger charge is -2.11. The molecule has 0 aromatic rings. The van der Waals surface area contributed by atoms with Gasteiger partial charge in [-0.3, -0.25) is 10.6 Å². The van der Waals surface area contributed by atoms with E-state index in [2.05, 4.69) is 17.1 Å². The van der Waals surface area contributed by atoms with Crippen LogP contribution >= 0.6 is 12.4 Å². The molecule has 4 nitrogen and oxygen atoms in total. The number of halogens is 1. The van der Waals surface area contributed by atoms with E-state index in [-0.39, 0.29) is 24.4 Å². The zero-order valence-corrected chi connectivity index (χ0v) is 8.32. The van der Waals surface area contributed by atoms with Gasteiger partial charge in [-0.15, -0.1) is 12.4 Å². The van der Waals surface area contributed by atoms with Crippen LogP contribution in [0.1, 0.15) is 26.2 Å². The predicted octanol–water partition coefficient (Wildman–Crippen LogP) is 0.603. The van der Waals surface area contributed by atoms with Gasteiger partial charge in [0, 0.05) is 0 Å². The number of hydrogen-bond acceptors (Lipinski definition) is 4. The average molecular weight is 197 g/mol. The van der Waals surface area contributed by atoms with Crippen molar-refractivity contribution >= 4 is 18.4 Å². The van der Waals surface area contributed by atoms with Gasteiger partial charge in [0.1, 0.15) is 6.04 Å². The van der Waals surface area contributed by atoms with Crippen LogP contribution in [-0.4, -0.2) is 19.1 Å². The Hall–Kier alpha value is -0.320. The number of nitrogens with two attached hydrogens (primary N) is 1. The highest BCUT2D eigenvalue weighted by Gasteiger charge is 2.15. The maximum absolute atomic E-state index is 10.9. The van der Waals surface area contributed by atoms with Gasteiger partial charge in [-0.05, 0) is 6.42 Å². The van der Waals surface area contributed by atoms with Crippen LogP contribution in [0.25, 0.3) is 0 Å². The number of carbonyl (C=O) groups is 1. The molecule has 74 valence electrons. The molecular weight excluding hydrogens is 180 g/mol. The topological polar surface area (TPSA) is 64.3 Å². The molecule has 0 saturated heterocycles. The second-order valence-electron chi connectivity index (χ2n) is 2.38. The summed E-state index contributed by atoms with van der Waals surface area (Å²) in [4.78, 5) is 10.9. The summed E-state index contributed by atoms with van der Waals surface area (Å²) in [5.74, 6) is 4.85. The van der Waals surface area contributed by atoms with Crippen LogP contribution < -0.4 is 11.3 Å². The van der Waals surface area contributed by atoms with Gasteiger partial charge in [0.25, 0.3) is 0 Å². The van der Waals surface area contributed by atoms with Crippen LogP contribution in [-0.2, 0) is 9.53 Å². The molecule has 0 saturated carbocycles. The van der Waals surface area contributed by atoms with Crippen molar-refractivity contribution in [2.24, 2.45) is 5.84 Å². The van der Waals surface area contributed by atoms with Crippen molar-refractivity contribution in [1.82, 2.24) is 5.43 Å². The average Bonchev–Trinajstić information content (AvgIpc) is 2.05. The highest BCUT2D eigenvalue weighted by molar-refractivity contribution is 5.85. The van der Waals surface area contributed by atoms with Gasteiger partial charge in [-0.25, -0.2) is 5.43 Å². The zero-order chi connectivity index (χ0) is 8.69. The van der Waals surface area contributed by atoms with Crippen LogP contribution in [0.4, 0.5) is 0 Å². The maximum atomic E-state index is 10.9. The van der Waals surface area contributed by atoms with Crippen molar-refractivity contribution in [2.75, 3.05) is 7.11 Å². The molecule has 0 spiro atoms. The molecule has 5 heteroatoms. The molecular formula is C7H17ClN2O2. The lowest BCUT2D eigenvalue weighted by molar-refractivity contribution is -0.143. The van der Waals surface area contributed by atoms with Crippen molar-refractivity contribution in [3.63, 3.8) is 0 Å². The Bertz CT molecular complexity index is 122. The monoisotopic (exact) mass is 196 g/mol. The number of methoxy groups -OCH3 is 1. The first-order valence-electron chi connectivity index (χ1n) is 3.80. The molecule has 0 aromatic heterocycles. The summed E-state index contributed by atoms with van der Waals surface area (Å²) in [7, 11) is 1.36. The first-order valence-corrected chi connectivity index (χ1v) is 3.80. The first kappa shape index (κ1) is 14.2. The third-order valence-corrected chi connectivity index (χ3v) is 1.53. The summed E-state index contributed by atoms with van der Waals surface area (Å²) in [5, 5.41) is 0. The van der Waals surface area contributed by atoms with Crippen molar-refractivity contribution in [2.45, 2.75) is 32.2 Å². The van der Waals surface area contributed by atoms with E-state index in [4.69, 9.17) is 5.84 Å². The molecule has 1 atom stereocenters. The van der Waals surface area contributed by atoms with Crippen LogP contribution in [0.5, 0.6) is 0 Å². The molecule has 0 aliphatic heterocycles. The Morgan fingerprint density at radius 1 is 1.67 bits per heavy atom. The third kappa shape index (κ3) is 5.35. The van der Waals surface area contributed by atoms with E-state index >= 15 is 0 Å². The van der Waals surface area contributed by atoms with Crippen molar-refractivity contribution in [3.05, 3.63) is 0 Å². The van der Waals surface area contributed by atoms with Crippen molar-refractivity contribution < 1.29 is 9.53 Å². The van der Waals surface area contributed by atoms with Gasteiger partial charge in [0.15, 0.2) is 0 Å². The molecule has 0 bridgehead atoms. The number of esters is 1. The molecule has 0 rings (SSSR count). The summed E-state index contributed by atoms with van der Waals surface area (Å²) < 4.78 is 4.52. The SMILES string of the molecule is CCCCC(NN)C(=O)OC.Cl. The molecule has 0 amide bonds. The molecule has 3 N–H and O–H groups in total. The summed E-state index contributed by atoms with van der Waals surface area (Å²) in [6.07, 6.45) is 2.76. The van der Waals surface area contributed by atoms with Gasteiger partial charge in [0.2, 0.25) is 0 Å². The molecule has 1 unspecified atom stereocenters. The van der Waals surface area contributed by atoms with Crippen LogP contribution in [0.3, 0.4) is 0 Å². The lowest BCUT2D eigenvalue weighted by atomic mass is 10.1. The van der Waals surface area contributed by atoms with E-state index in [0.29, 0.717) is 0 Å².